The summed E-state index contributed by atoms with van der Waals surface area (Å²) in [6.07, 6.45) is 0. The number of hydrogen-bond acceptors (Lipinski definition) is 3. The van der Waals surface area contributed by atoms with Crippen LogP contribution in [0.5, 0.6) is 0 Å². The molecule has 0 atom stereocenters. The Balaban J connectivity index is 1.86. The van der Waals surface area contributed by atoms with Gasteiger partial charge in [-0.15, -0.1) is 0 Å². The topological polar surface area (TPSA) is 32.3 Å². The fraction of sp³-hybridized carbons (Fsp3) is 0.214. The van der Waals surface area contributed by atoms with Crippen LogP contribution in [0.1, 0.15) is 5.56 Å². The molecule has 1 amide bonds. The van der Waals surface area contributed by atoms with Crippen LogP contribution in [0.2, 0.25) is 0 Å². The zero-order valence-electron chi connectivity index (χ0n) is 10.6. The third-order valence-corrected chi connectivity index (χ3v) is 4.27. The number of hydrogen-bond donors (Lipinski definition) is 1. The zero-order valence-corrected chi connectivity index (χ0v) is 13.6. The minimum Gasteiger partial charge on any atom is -0.324 e. The number of rotatable bonds is 5. The highest BCUT2D eigenvalue weighted by Crippen LogP contribution is 2.16. The number of halogens is 1. The Morgan fingerprint density at radius 2 is 2.16 bits per heavy atom. The van der Waals surface area contributed by atoms with Gasteiger partial charge in [0.15, 0.2) is 0 Å². The molecule has 0 unspecified atom stereocenters. The van der Waals surface area contributed by atoms with E-state index in [9.17, 15) is 4.79 Å². The number of carbonyl (C=O) groups is 1. The van der Waals surface area contributed by atoms with Gasteiger partial charge in [0, 0.05) is 10.1 Å². The fourth-order valence-corrected chi connectivity index (χ4v) is 2.93. The van der Waals surface area contributed by atoms with E-state index in [1.54, 1.807) is 11.3 Å². The van der Waals surface area contributed by atoms with E-state index in [1.807, 2.05) is 36.2 Å². The van der Waals surface area contributed by atoms with Crippen LogP contribution in [0.25, 0.3) is 0 Å². The Bertz CT molecular complexity index is 542. The molecule has 5 heteroatoms. The maximum atomic E-state index is 12.0. The molecule has 1 N–H and O–H groups in total. The molecular formula is C14H15IN2OS. The highest BCUT2D eigenvalue weighted by Gasteiger charge is 2.09. The van der Waals surface area contributed by atoms with Crippen molar-refractivity contribution in [3.8, 4) is 0 Å². The molecule has 0 aliphatic heterocycles. The first kappa shape index (κ1) is 14.5. The van der Waals surface area contributed by atoms with Crippen LogP contribution in [0.4, 0.5) is 5.69 Å². The van der Waals surface area contributed by atoms with E-state index >= 15 is 0 Å². The fourth-order valence-electron chi connectivity index (χ4n) is 1.75. The summed E-state index contributed by atoms with van der Waals surface area (Å²) in [4.78, 5) is 14.0. The van der Waals surface area contributed by atoms with E-state index in [4.69, 9.17) is 0 Å². The van der Waals surface area contributed by atoms with Crippen LogP contribution in [-0.2, 0) is 11.3 Å². The molecule has 1 aromatic heterocycles. The quantitative estimate of drug-likeness (QED) is 0.799. The molecule has 0 saturated carbocycles. The van der Waals surface area contributed by atoms with Gasteiger partial charge in [-0.1, -0.05) is 12.1 Å². The first-order chi connectivity index (χ1) is 9.15. The summed E-state index contributed by atoms with van der Waals surface area (Å²) in [6, 6.07) is 9.86. The van der Waals surface area contributed by atoms with Crippen LogP contribution in [-0.4, -0.2) is 24.4 Å². The molecule has 0 aliphatic carbocycles. The third-order valence-electron chi connectivity index (χ3n) is 2.59. The number of para-hydroxylation sites is 1. The van der Waals surface area contributed by atoms with Crippen LogP contribution in [0.3, 0.4) is 0 Å². The summed E-state index contributed by atoms with van der Waals surface area (Å²) in [7, 11) is 1.95. The van der Waals surface area contributed by atoms with Crippen molar-refractivity contribution in [3.63, 3.8) is 0 Å². The normalized spacial score (nSPS) is 10.7. The van der Waals surface area contributed by atoms with Crippen molar-refractivity contribution in [1.29, 1.82) is 0 Å². The molecule has 0 saturated heterocycles. The summed E-state index contributed by atoms with van der Waals surface area (Å²) in [5.41, 5.74) is 2.12. The summed E-state index contributed by atoms with van der Waals surface area (Å²) in [5.74, 6) is 0.0156. The number of carbonyl (C=O) groups excluding carboxylic acids is 1. The Hall–Kier alpha value is -0.920. The number of anilines is 1. The van der Waals surface area contributed by atoms with Crippen molar-refractivity contribution in [1.82, 2.24) is 4.90 Å². The van der Waals surface area contributed by atoms with E-state index < -0.39 is 0 Å². The van der Waals surface area contributed by atoms with Gasteiger partial charge in [-0.3, -0.25) is 9.69 Å². The molecule has 2 rings (SSSR count). The van der Waals surface area contributed by atoms with E-state index in [0.29, 0.717) is 6.54 Å². The highest BCUT2D eigenvalue weighted by molar-refractivity contribution is 14.1. The van der Waals surface area contributed by atoms with Crippen LogP contribution < -0.4 is 5.32 Å². The monoisotopic (exact) mass is 386 g/mol. The maximum Gasteiger partial charge on any atom is 0.238 e. The molecule has 0 bridgehead atoms. The smallest absolute Gasteiger partial charge is 0.238 e. The van der Waals surface area contributed by atoms with Crippen molar-refractivity contribution >= 4 is 45.5 Å². The first-order valence-corrected chi connectivity index (χ1v) is 7.91. The van der Waals surface area contributed by atoms with E-state index in [2.05, 4.69) is 44.7 Å². The van der Waals surface area contributed by atoms with Crippen molar-refractivity contribution in [2.75, 3.05) is 18.9 Å². The first-order valence-electron chi connectivity index (χ1n) is 5.89. The van der Waals surface area contributed by atoms with Gasteiger partial charge in [0.1, 0.15) is 0 Å². The minimum absolute atomic E-state index is 0.0156. The van der Waals surface area contributed by atoms with Gasteiger partial charge in [0.25, 0.3) is 0 Å². The lowest BCUT2D eigenvalue weighted by Gasteiger charge is -2.15. The summed E-state index contributed by atoms with van der Waals surface area (Å²) in [5, 5.41) is 7.09. The number of benzene rings is 1. The van der Waals surface area contributed by atoms with Gasteiger partial charge in [0.2, 0.25) is 5.91 Å². The second kappa shape index (κ2) is 7.02. The van der Waals surface area contributed by atoms with Crippen LogP contribution >= 0.6 is 33.9 Å². The van der Waals surface area contributed by atoms with Gasteiger partial charge < -0.3 is 5.32 Å². The number of nitrogens with zero attached hydrogens (tertiary/aromatic N) is 1. The Morgan fingerprint density at radius 1 is 1.37 bits per heavy atom. The lowest BCUT2D eigenvalue weighted by molar-refractivity contribution is -0.117. The lowest BCUT2D eigenvalue weighted by Crippen LogP contribution is -2.29. The molecule has 0 spiro atoms. The van der Waals surface area contributed by atoms with Crippen molar-refractivity contribution in [2.24, 2.45) is 0 Å². The van der Waals surface area contributed by atoms with Gasteiger partial charge >= 0.3 is 0 Å². The summed E-state index contributed by atoms with van der Waals surface area (Å²) in [6.45, 7) is 1.18. The molecule has 19 heavy (non-hydrogen) atoms. The number of amides is 1. The molecular weight excluding hydrogens is 371 g/mol. The van der Waals surface area contributed by atoms with Crippen molar-refractivity contribution in [3.05, 3.63) is 50.2 Å². The molecule has 0 fully saturated rings. The highest BCUT2D eigenvalue weighted by atomic mass is 127. The molecule has 2 aromatic rings. The van der Waals surface area contributed by atoms with Gasteiger partial charge in [-0.2, -0.15) is 11.3 Å². The second-order valence-electron chi connectivity index (χ2n) is 4.33. The SMILES string of the molecule is CN(CC(=O)Nc1ccccc1I)Cc1ccsc1. The summed E-state index contributed by atoms with van der Waals surface area (Å²) < 4.78 is 1.05. The predicted molar refractivity (Wildman–Crippen MR) is 88.4 cm³/mol. The van der Waals surface area contributed by atoms with E-state index in [0.717, 1.165) is 15.8 Å². The molecule has 100 valence electrons. The van der Waals surface area contributed by atoms with E-state index in [1.165, 1.54) is 5.56 Å². The number of nitrogens with one attached hydrogen (secondary N) is 1. The Labute approximate surface area is 130 Å². The molecule has 1 heterocycles. The Morgan fingerprint density at radius 3 is 2.84 bits per heavy atom. The van der Waals surface area contributed by atoms with Crippen LogP contribution in [0.15, 0.2) is 41.1 Å². The van der Waals surface area contributed by atoms with Gasteiger partial charge in [-0.25, -0.2) is 0 Å². The van der Waals surface area contributed by atoms with Crippen LogP contribution in [0, 0.1) is 3.57 Å². The molecule has 1 aromatic carbocycles. The number of likely N-dealkylation sites (N-methyl/N-ethyl adjacent to an activating group) is 1. The average Bonchev–Trinajstić information content (AvgIpc) is 2.84. The van der Waals surface area contributed by atoms with Crippen molar-refractivity contribution < 1.29 is 4.79 Å². The molecule has 0 radical (unpaired) electrons. The minimum atomic E-state index is 0.0156. The summed E-state index contributed by atoms with van der Waals surface area (Å²) >= 11 is 3.90. The third kappa shape index (κ3) is 4.59. The predicted octanol–water partition coefficient (Wildman–Crippen LogP) is 3.42. The van der Waals surface area contributed by atoms with Crippen molar-refractivity contribution in [2.45, 2.75) is 6.54 Å². The van der Waals surface area contributed by atoms with Gasteiger partial charge in [-0.05, 0) is 64.2 Å². The average molecular weight is 386 g/mol. The standard InChI is InChI=1S/C14H15IN2OS/c1-17(8-11-6-7-19-10-11)9-14(18)16-13-5-3-2-4-12(13)15/h2-7,10H,8-9H2,1H3,(H,16,18). The second-order valence-corrected chi connectivity index (χ2v) is 6.27. The zero-order chi connectivity index (χ0) is 13.7. The largest absolute Gasteiger partial charge is 0.324 e. The van der Waals surface area contributed by atoms with Gasteiger partial charge in [0.05, 0.1) is 12.2 Å². The molecule has 0 aliphatic rings. The molecule has 3 nitrogen and oxygen atoms in total. The maximum absolute atomic E-state index is 12.0. The number of thiophene rings is 1. The Kier molecular flexibility index (Phi) is 5.35. The van der Waals surface area contributed by atoms with E-state index in [-0.39, 0.29) is 5.91 Å². The lowest BCUT2D eigenvalue weighted by atomic mass is 10.3.